The van der Waals surface area contributed by atoms with Crippen LogP contribution in [0.5, 0.6) is 11.5 Å². The average Bonchev–Trinajstić information content (AvgIpc) is 3.08. The molecule has 1 aromatic heterocycles. The molecule has 2 aliphatic rings. The lowest BCUT2D eigenvalue weighted by Gasteiger charge is -2.34. The highest BCUT2D eigenvalue weighted by Gasteiger charge is 2.43. The lowest BCUT2D eigenvalue weighted by atomic mass is 9.79. The Hall–Kier alpha value is -4.45. The number of piperazine rings is 1. The van der Waals surface area contributed by atoms with E-state index in [0.29, 0.717) is 29.7 Å². The molecule has 1 unspecified atom stereocenters. The monoisotopic (exact) mass is 653 g/mol. The first-order valence-corrected chi connectivity index (χ1v) is 15.5. The summed E-state index contributed by atoms with van der Waals surface area (Å²) in [6.07, 6.45) is -3.12. The summed E-state index contributed by atoms with van der Waals surface area (Å²) in [5, 5.41) is 3.30. The topological polar surface area (TPSA) is 62.8 Å². The zero-order valence-electron chi connectivity index (χ0n) is 26.2. The van der Waals surface area contributed by atoms with Crippen molar-refractivity contribution in [1.82, 2.24) is 15.3 Å². The van der Waals surface area contributed by atoms with Crippen LogP contribution in [0.2, 0.25) is 0 Å². The third kappa shape index (κ3) is 6.97. The highest BCUT2D eigenvalue weighted by molar-refractivity contribution is 5.58. The van der Waals surface area contributed by atoms with Gasteiger partial charge in [0.15, 0.2) is 5.82 Å². The van der Waals surface area contributed by atoms with Crippen LogP contribution in [0, 0.1) is 11.6 Å². The Labute approximate surface area is 270 Å². The van der Waals surface area contributed by atoms with Crippen LogP contribution in [0.3, 0.4) is 0 Å². The molecule has 2 heterocycles. The number of hydrogen-bond donors (Lipinski definition) is 1. The molecule has 0 bridgehead atoms. The van der Waals surface area contributed by atoms with E-state index in [1.807, 2.05) is 0 Å². The van der Waals surface area contributed by atoms with Gasteiger partial charge in [0.2, 0.25) is 0 Å². The molecule has 3 aromatic carbocycles. The molecule has 12 heteroatoms. The second-order valence-electron chi connectivity index (χ2n) is 11.8. The van der Waals surface area contributed by atoms with E-state index >= 15 is 8.78 Å². The van der Waals surface area contributed by atoms with Crippen LogP contribution in [-0.2, 0) is 32.1 Å². The lowest BCUT2D eigenvalue weighted by molar-refractivity contribution is -0.141. The minimum Gasteiger partial charge on any atom is -0.497 e. The summed E-state index contributed by atoms with van der Waals surface area (Å²) in [5.74, 6) is -1.53. The molecule has 0 amide bonds. The maximum absolute atomic E-state index is 16.9. The number of halogens is 5. The van der Waals surface area contributed by atoms with Crippen molar-refractivity contribution in [1.29, 1.82) is 0 Å². The van der Waals surface area contributed by atoms with Gasteiger partial charge in [-0.3, -0.25) is 0 Å². The van der Waals surface area contributed by atoms with Crippen molar-refractivity contribution in [3.63, 3.8) is 0 Å². The van der Waals surface area contributed by atoms with Crippen LogP contribution in [0.1, 0.15) is 45.8 Å². The molecular weight excluding hydrogens is 617 g/mol. The summed E-state index contributed by atoms with van der Waals surface area (Å²) in [4.78, 5) is 12.6. The van der Waals surface area contributed by atoms with Crippen molar-refractivity contribution in [3.05, 3.63) is 106 Å². The first kappa shape index (κ1) is 32.5. The zero-order valence-corrected chi connectivity index (χ0v) is 26.2. The Morgan fingerprint density at radius 1 is 0.894 bits per heavy atom. The Kier molecular flexibility index (Phi) is 9.49. The third-order valence-corrected chi connectivity index (χ3v) is 8.94. The highest BCUT2D eigenvalue weighted by Crippen LogP contribution is 2.46. The van der Waals surface area contributed by atoms with E-state index in [4.69, 9.17) is 9.47 Å². The molecule has 0 radical (unpaired) electrons. The second-order valence-corrected chi connectivity index (χ2v) is 11.8. The van der Waals surface area contributed by atoms with Crippen LogP contribution in [-0.4, -0.2) is 50.4 Å². The first-order valence-electron chi connectivity index (χ1n) is 15.5. The van der Waals surface area contributed by atoms with Crippen molar-refractivity contribution in [2.24, 2.45) is 0 Å². The summed E-state index contributed by atoms with van der Waals surface area (Å²) in [6.45, 7) is 3.27. The number of benzene rings is 3. The Morgan fingerprint density at radius 2 is 1.49 bits per heavy atom. The fourth-order valence-corrected chi connectivity index (χ4v) is 6.58. The van der Waals surface area contributed by atoms with Gasteiger partial charge >= 0.3 is 6.18 Å². The van der Waals surface area contributed by atoms with Crippen LogP contribution >= 0.6 is 0 Å². The molecule has 47 heavy (non-hydrogen) atoms. The minimum absolute atomic E-state index is 0.0385. The standard InChI is InChI=1S/C35H36F5N5O2/c1-46-25-8-3-22(4-9-25)19-45(20-23-5-10-26(47-2)11-6-23)30-18-28(36)32(35(38,39)40)31(33(30)37)24-7-12-27-29(17-24)42-21-43-34(27)44-15-13-41-14-16-44/h3-6,8-11,18,21,24,41H,7,12-17,19-20H2,1-2H3. The van der Waals surface area contributed by atoms with Gasteiger partial charge in [-0.05, 0) is 60.6 Å². The molecule has 1 N–H and O–H groups in total. The van der Waals surface area contributed by atoms with Gasteiger partial charge in [0, 0.05) is 62.2 Å². The van der Waals surface area contributed by atoms with Gasteiger partial charge in [-0.25, -0.2) is 18.7 Å². The number of aromatic nitrogens is 2. The largest absolute Gasteiger partial charge is 0.497 e. The Balaban J connectivity index is 1.42. The number of rotatable bonds is 9. The predicted octanol–water partition coefficient (Wildman–Crippen LogP) is 6.68. The smallest absolute Gasteiger partial charge is 0.419 e. The SMILES string of the molecule is COc1ccc(CN(Cc2ccc(OC)cc2)c2cc(F)c(C(F)(F)F)c(C3CCc4c(ncnc4N4CCNCC4)C3)c2F)cc1. The van der Waals surface area contributed by atoms with E-state index in [0.717, 1.165) is 48.7 Å². The number of methoxy groups -OCH3 is 2. The number of anilines is 2. The molecule has 1 saturated heterocycles. The van der Waals surface area contributed by atoms with Crippen LogP contribution in [0.25, 0.3) is 0 Å². The van der Waals surface area contributed by atoms with E-state index in [1.54, 1.807) is 53.4 Å². The summed E-state index contributed by atoms with van der Waals surface area (Å²) in [7, 11) is 3.07. The maximum atomic E-state index is 16.9. The molecule has 1 aliphatic carbocycles. The zero-order chi connectivity index (χ0) is 33.1. The highest BCUT2D eigenvalue weighted by atomic mass is 19.4. The van der Waals surface area contributed by atoms with Gasteiger partial charge in [-0.15, -0.1) is 0 Å². The average molecular weight is 654 g/mol. The Morgan fingerprint density at radius 3 is 2.04 bits per heavy atom. The molecule has 0 spiro atoms. The van der Waals surface area contributed by atoms with E-state index in [-0.39, 0.29) is 31.6 Å². The normalized spacial score (nSPS) is 16.5. The summed E-state index contributed by atoms with van der Waals surface area (Å²) < 4.78 is 86.8. The molecule has 4 aromatic rings. The van der Waals surface area contributed by atoms with Crippen LogP contribution in [0.15, 0.2) is 60.9 Å². The van der Waals surface area contributed by atoms with Crippen molar-refractivity contribution >= 4 is 11.5 Å². The van der Waals surface area contributed by atoms with E-state index in [9.17, 15) is 13.2 Å². The fraction of sp³-hybridized carbons (Fsp3) is 0.371. The molecule has 6 rings (SSSR count). The van der Waals surface area contributed by atoms with Gasteiger partial charge < -0.3 is 24.6 Å². The molecule has 7 nitrogen and oxygen atoms in total. The first-order chi connectivity index (χ1) is 22.7. The summed E-state index contributed by atoms with van der Waals surface area (Å²) >= 11 is 0. The lowest BCUT2D eigenvalue weighted by Crippen LogP contribution is -2.44. The van der Waals surface area contributed by atoms with Gasteiger partial charge in [0.25, 0.3) is 0 Å². The van der Waals surface area contributed by atoms with E-state index in [1.165, 1.54) is 20.5 Å². The fourth-order valence-electron chi connectivity index (χ4n) is 6.58. The number of ether oxygens (including phenoxy) is 2. The number of fused-ring (bicyclic) bond motifs is 1. The van der Waals surface area contributed by atoms with Crippen molar-refractivity contribution in [2.45, 2.75) is 44.4 Å². The molecule has 1 atom stereocenters. The Bertz CT molecular complexity index is 1640. The number of nitrogens with one attached hydrogen (secondary N) is 1. The van der Waals surface area contributed by atoms with Gasteiger partial charge in [-0.2, -0.15) is 13.2 Å². The number of nitrogens with zero attached hydrogens (tertiary/aromatic N) is 4. The van der Waals surface area contributed by atoms with Gasteiger partial charge in [-0.1, -0.05) is 24.3 Å². The third-order valence-electron chi connectivity index (χ3n) is 8.94. The van der Waals surface area contributed by atoms with Crippen molar-refractivity contribution in [3.8, 4) is 11.5 Å². The van der Waals surface area contributed by atoms with E-state index in [2.05, 4.69) is 20.2 Å². The van der Waals surface area contributed by atoms with Crippen molar-refractivity contribution in [2.75, 3.05) is 50.2 Å². The minimum atomic E-state index is -5.10. The quantitative estimate of drug-likeness (QED) is 0.202. The molecule has 0 saturated carbocycles. The van der Waals surface area contributed by atoms with Gasteiger partial charge in [0.05, 0.1) is 25.5 Å². The number of hydrogen-bond acceptors (Lipinski definition) is 7. The van der Waals surface area contributed by atoms with Crippen LogP contribution < -0.4 is 24.6 Å². The molecule has 1 aliphatic heterocycles. The van der Waals surface area contributed by atoms with E-state index < -0.39 is 34.9 Å². The summed E-state index contributed by atoms with van der Waals surface area (Å²) in [5.41, 5.74) is 0.446. The second kappa shape index (κ2) is 13.7. The predicted molar refractivity (Wildman–Crippen MR) is 169 cm³/mol. The maximum Gasteiger partial charge on any atom is 0.419 e. The molecule has 248 valence electrons. The molecular formula is C35H36F5N5O2. The number of alkyl halides is 3. The summed E-state index contributed by atoms with van der Waals surface area (Å²) in [6, 6.07) is 14.8. The molecule has 1 fully saturated rings. The van der Waals surface area contributed by atoms with Crippen LogP contribution in [0.4, 0.5) is 33.5 Å². The van der Waals surface area contributed by atoms with Gasteiger partial charge in [0.1, 0.15) is 29.5 Å². The van der Waals surface area contributed by atoms with Crippen molar-refractivity contribution < 1.29 is 31.4 Å².